The molecule has 98 valence electrons. The largest absolute Gasteiger partial charge is 0.462 e. The number of rotatable bonds is 6. The molecule has 0 aliphatic carbocycles. The number of hydrogen-bond donors (Lipinski definition) is 2. The monoisotopic (exact) mass is 261 g/mol. The van der Waals surface area contributed by atoms with Crippen molar-refractivity contribution < 1.29 is 17.9 Å². The van der Waals surface area contributed by atoms with Crippen molar-refractivity contribution in [3.63, 3.8) is 0 Å². The maximum absolute atomic E-state index is 12.1. The average molecular weight is 261 g/mol. The highest BCUT2D eigenvalue weighted by Gasteiger charge is 2.23. The highest BCUT2D eigenvalue weighted by atomic mass is 32.2. The van der Waals surface area contributed by atoms with E-state index in [2.05, 4.69) is 4.72 Å². The van der Waals surface area contributed by atoms with Gasteiger partial charge in [-0.3, -0.25) is 0 Å². The normalized spacial score (nSPS) is 12.3. The van der Waals surface area contributed by atoms with E-state index < -0.39 is 10.0 Å². The first-order valence-electron chi connectivity index (χ1n) is 5.67. The first kappa shape index (κ1) is 14.2. The van der Waals surface area contributed by atoms with Crippen LogP contribution in [0.1, 0.15) is 38.2 Å². The second-order valence-corrected chi connectivity index (χ2v) is 5.61. The quantitative estimate of drug-likeness (QED) is 0.814. The molecular formula is C11H19NO4S. The summed E-state index contributed by atoms with van der Waals surface area (Å²) in [5.41, 5.74) is 0. The van der Waals surface area contributed by atoms with Crippen LogP contribution in [0.5, 0.6) is 0 Å². The van der Waals surface area contributed by atoms with E-state index in [1.165, 1.54) is 6.07 Å². The first-order chi connectivity index (χ1) is 7.94. The van der Waals surface area contributed by atoms with Crippen LogP contribution >= 0.6 is 0 Å². The molecule has 0 fully saturated rings. The maximum Gasteiger partial charge on any atom is 0.244 e. The highest BCUT2D eigenvalue weighted by Crippen LogP contribution is 2.20. The lowest BCUT2D eigenvalue weighted by Crippen LogP contribution is -2.33. The number of aliphatic hydroxyl groups excluding tert-OH is 1. The Morgan fingerprint density at radius 2 is 2.00 bits per heavy atom. The molecule has 6 heteroatoms. The molecule has 1 rings (SSSR count). The summed E-state index contributed by atoms with van der Waals surface area (Å²) in [7, 11) is -3.56. The van der Waals surface area contributed by atoms with Gasteiger partial charge in [0, 0.05) is 12.1 Å². The Balaban J connectivity index is 3.00. The van der Waals surface area contributed by atoms with E-state index >= 15 is 0 Å². The lowest BCUT2D eigenvalue weighted by Gasteiger charge is -2.14. The Morgan fingerprint density at radius 3 is 2.41 bits per heavy atom. The predicted molar refractivity (Wildman–Crippen MR) is 64.1 cm³/mol. The molecule has 1 heterocycles. The number of nitrogens with one attached hydrogen (secondary N) is 1. The molecule has 17 heavy (non-hydrogen) atoms. The lowest BCUT2D eigenvalue weighted by molar-refractivity contribution is 0.244. The van der Waals surface area contributed by atoms with Gasteiger partial charge in [0.2, 0.25) is 10.0 Å². The summed E-state index contributed by atoms with van der Waals surface area (Å²) in [6.07, 6.45) is 1.47. The topological polar surface area (TPSA) is 79.5 Å². The summed E-state index contributed by atoms with van der Waals surface area (Å²) >= 11 is 0. The summed E-state index contributed by atoms with van der Waals surface area (Å²) in [5.74, 6) is 0.555. The van der Waals surface area contributed by atoms with E-state index in [4.69, 9.17) is 9.52 Å². The summed E-state index contributed by atoms with van der Waals surface area (Å²) in [5, 5.41) is 8.91. The first-order valence-corrected chi connectivity index (χ1v) is 7.15. The number of furan rings is 1. The molecule has 0 atom stereocenters. The minimum atomic E-state index is -3.56. The second-order valence-electron chi connectivity index (χ2n) is 3.93. The van der Waals surface area contributed by atoms with Gasteiger partial charge in [0.15, 0.2) is 0 Å². The van der Waals surface area contributed by atoms with Gasteiger partial charge < -0.3 is 9.52 Å². The van der Waals surface area contributed by atoms with Gasteiger partial charge in [0.25, 0.3) is 0 Å². The van der Waals surface area contributed by atoms with Crippen molar-refractivity contribution in [2.24, 2.45) is 0 Å². The molecule has 0 radical (unpaired) electrons. The Labute approximate surface area is 102 Å². The third-order valence-corrected chi connectivity index (χ3v) is 4.30. The fourth-order valence-corrected chi connectivity index (χ4v) is 3.21. The standard InChI is InChI=1S/C11H19NO4S/c1-4-9(5-2)12-17(14,15)11-6-10(7-13)16-8(11)3/h6,9,12-13H,4-5,7H2,1-3H3. The molecule has 0 aromatic carbocycles. The van der Waals surface area contributed by atoms with Gasteiger partial charge in [-0.2, -0.15) is 0 Å². The molecule has 0 bridgehead atoms. The van der Waals surface area contributed by atoms with Crippen LogP contribution in [0, 0.1) is 6.92 Å². The lowest BCUT2D eigenvalue weighted by atomic mass is 10.2. The molecular weight excluding hydrogens is 242 g/mol. The molecule has 5 nitrogen and oxygen atoms in total. The van der Waals surface area contributed by atoms with Crippen molar-refractivity contribution in [2.45, 2.75) is 51.2 Å². The molecule has 0 saturated carbocycles. The Kier molecular flexibility index (Phi) is 4.73. The van der Waals surface area contributed by atoms with Gasteiger partial charge in [0.1, 0.15) is 23.0 Å². The maximum atomic E-state index is 12.1. The van der Waals surface area contributed by atoms with Crippen molar-refractivity contribution >= 4 is 10.0 Å². The summed E-state index contributed by atoms with van der Waals surface area (Å²) in [6, 6.07) is 1.28. The highest BCUT2D eigenvalue weighted by molar-refractivity contribution is 7.89. The molecule has 1 aromatic rings. The van der Waals surface area contributed by atoms with Crippen molar-refractivity contribution in [1.82, 2.24) is 4.72 Å². The Hall–Kier alpha value is -0.850. The molecule has 0 amide bonds. The van der Waals surface area contributed by atoms with Crippen LogP contribution in [0.4, 0.5) is 0 Å². The van der Waals surface area contributed by atoms with Crippen molar-refractivity contribution in [3.05, 3.63) is 17.6 Å². The number of sulfonamides is 1. The predicted octanol–water partition coefficient (Wildman–Crippen LogP) is 1.55. The van der Waals surface area contributed by atoms with Crippen molar-refractivity contribution in [3.8, 4) is 0 Å². The number of aryl methyl sites for hydroxylation is 1. The van der Waals surface area contributed by atoms with Gasteiger partial charge in [-0.05, 0) is 19.8 Å². The molecule has 0 unspecified atom stereocenters. The van der Waals surface area contributed by atoms with Crippen LogP contribution in [-0.2, 0) is 16.6 Å². The minimum Gasteiger partial charge on any atom is -0.462 e. The zero-order valence-corrected chi connectivity index (χ0v) is 11.2. The second kappa shape index (κ2) is 5.66. The third-order valence-electron chi connectivity index (χ3n) is 2.68. The average Bonchev–Trinajstić information content (AvgIpc) is 2.68. The summed E-state index contributed by atoms with van der Waals surface area (Å²) < 4.78 is 31.9. The van der Waals surface area contributed by atoms with Crippen molar-refractivity contribution in [2.75, 3.05) is 0 Å². The van der Waals surface area contributed by atoms with Crippen LogP contribution in [-0.4, -0.2) is 19.6 Å². The van der Waals surface area contributed by atoms with E-state index in [1.54, 1.807) is 6.92 Å². The number of aliphatic hydroxyl groups is 1. The molecule has 0 aliphatic rings. The van der Waals surface area contributed by atoms with Crippen molar-refractivity contribution in [1.29, 1.82) is 0 Å². The van der Waals surface area contributed by atoms with Crippen LogP contribution < -0.4 is 4.72 Å². The summed E-state index contributed by atoms with van der Waals surface area (Å²) in [4.78, 5) is 0.105. The van der Waals surface area contributed by atoms with Gasteiger partial charge in [-0.25, -0.2) is 13.1 Å². The molecule has 0 saturated heterocycles. The zero-order chi connectivity index (χ0) is 13.1. The van der Waals surface area contributed by atoms with Crippen LogP contribution in [0.2, 0.25) is 0 Å². The third kappa shape index (κ3) is 3.31. The molecule has 2 N–H and O–H groups in total. The molecule has 0 aliphatic heterocycles. The van der Waals surface area contributed by atoms with Crippen LogP contribution in [0.25, 0.3) is 0 Å². The Bertz CT molecular complexity index is 460. The van der Waals surface area contributed by atoms with E-state index in [1.807, 2.05) is 13.8 Å². The van der Waals surface area contributed by atoms with Gasteiger partial charge >= 0.3 is 0 Å². The van der Waals surface area contributed by atoms with E-state index in [0.717, 1.165) is 12.8 Å². The van der Waals surface area contributed by atoms with Crippen LogP contribution in [0.15, 0.2) is 15.4 Å². The van der Waals surface area contributed by atoms with E-state index in [9.17, 15) is 8.42 Å². The fraction of sp³-hybridized carbons (Fsp3) is 0.636. The molecule has 1 aromatic heterocycles. The van der Waals surface area contributed by atoms with E-state index in [-0.39, 0.29) is 23.3 Å². The fourth-order valence-electron chi connectivity index (χ4n) is 1.61. The molecule has 0 spiro atoms. The SMILES string of the molecule is CCC(CC)NS(=O)(=O)c1cc(CO)oc1C. The van der Waals surface area contributed by atoms with Crippen LogP contribution in [0.3, 0.4) is 0 Å². The van der Waals surface area contributed by atoms with Gasteiger partial charge in [0.05, 0.1) is 0 Å². The smallest absolute Gasteiger partial charge is 0.244 e. The minimum absolute atomic E-state index is 0.0770. The van der Waals surface area contributed by atoms with Gasteiger partial charge in [-0.15, -0.1) is 0 Å². The van der Waals surface area contributed by atoms with E-state index in [0.29, 0.717) is 5.76 Å². The number of hydrogen-bond acceptors (Lipinski definition) is 4. The zero-order valence-electron chi connectivity index (χ0n) is 10.4. The Morgan fingerprint density at radius 1 is 1.41 bits per heavy atom. The van der Waals surface area contributed by atoms with Gasteiger partial charge in [-0.1, -0.05) is 13.8 Å². The summed E-state index contributed by atoms with van der Waals surface area (Å²) in [6.45, 7) is 5.12.